The van der Waals surface area contributed by atoms with Gasteiger partial charge in [0.1, 0.15) is 10.6 Å². The number of rotatable bonds is 4. The largest absolute Gasteiger partial charge is 0.369 e. The van der Waals surface area contributed by atoms with Crippen LogP contribution in [0.3, 0.4) is 0 Å². The second-order valence-corrected chi connectivity index (χ2v) is 6.26. The van der Waals surface area contributed by atoms with Crippen LogP contribution >= 0.6 is 27.3 Å². The van der Waals surface area contributed by atoms with Gasteiger partial charge in [-0.1, -0.05) is 28.1 Å². The van der Waals surface area contributed by atoms with Crippen molar-refractivity contribution in [3.8, 4) is 11.3 Å². The lowest BCUT2D eigenvalue weighted by molar-refractivity contribution is -0.0141. The Bertz CT molecular complexity index is 519. The van der Waals surface area contributed by atoms with Crippen LogP contribution in [0.5, 0.6) is 0 Å². The van der Waals surface area contributed by atoms with E-state index in [0.717, 1.165) is 20.7 Å². The second-order valence-electron chi connectivity index (χ2n) is 4.49. The molecule has 1 heterocycles. The summed E-state index contributed by atoms with van der Waals surface area (Å²) in [7, 11) is 0. The summed E-state index contributed by atoms with van der Waals surface area (Å²) in [5.41, 5.74) is 1.83. The number of thiazole rings is 1. The van der Waals surface area contributed by atoms with Gasteiger partial charge >= 0.3 is 0 Å². The second kappa shape index (κ2) is 5.51. The smallest absolute Gasteiger partial charge is 0.125 e. The number of ether oxygens (including phenoxy) is 1. The standard InChI is InChI=1S/C14H16BrNOS/c1-4-17-14(2,3)13-16-12(9-18-13)10-5-7-11(15)8-6-10/h5-9H,4H2,1-3H3. The Balaban J connectivity index is 2.28. The summed E-state index contributed by atoms with van der Waals surface area (Å²) in [4.78, 5) is 4.68. The Hall–Kier alpha value is -0.710. The number of halogens is 1. The molecule has 18 heavy (non-hydrogen) atoms. The highest BCUT2D eigenvalue weighted by atomic mass is 79.9. The van der Waals surface area contributed by atoms with E-state index in [1.54, 1.807) is 11.3 Å². The van der Waals surface area contributed by atoms with Crippen LogP contribution in [0.1, 0.15) is 25.8 Å². The van der Waals surface area contributed by atoms with Crippen molar-refractivity contribution in [2.75, 3.05) is 6.61 Å². The van der Waals surface area contributed by atoms with Gasteiger partial charge < -0.3 is 4.74 Å². The number of hydrogen-bond donors (Lipinski definition) is 0. The molecular weight excluding hydrogens is 310 g/mol. The highest BCUT2D eigenvalue weighted by Gasteiger charge is 2.24. The summed E-state index contributed by atoms with van der Waals surface area (Å²) >= 11 is 5.09. The molecule has 96 valence electrons. The Labute approximate surface area is 120 Å². The zero-order valence-corrected chi connectivity index (χ0v) is 13.1. The van der Waals surface area contributed by atoms with Crippen LogP contribution in [0.2, 0.25) is 0 Å². The van der Waals surface area contributed by atoms with E-state index >= 15 is 0 Å². The lowest BCUT2D eigenvalue weighted by atomic mass is 10.1. The summed E-state index contributed by atoms with van der Waals surface area (Å²) in [5, 5.41) is 3.10. The number of benzene rings is 1. The Kier molecular flexibility index (Phi) is 4.20. The summed E-state index contributed by atoms with van der Waals surface area (Å²) in [6.07, 6.45) is 0. The van der Waals surface area contributed by atoms with Crippen LogP contribution in [0.15, 0.2) is 34.1 Å². The molecule has 0 aliphatic heterocycles. The third-order valence-corrected chi connectivity index (χ3v) is 4.34. The van der Waals surface area contributed by atoms with Gasteiger partial charge in [0.05, 0.1) is 5.69 Å². The molecule has 0 bridgehead atoms. The molecule has 0 aliphatic rings. The lowest BCUT2D eigenvalue weighted by Crippen LogP contribution is -2.21. The third-order valence-electron chi connectivity index (χ3n) is 2.66. The summed E-state index contributed by atoms with van der Waals surface area (Å²) in [6.45, 7) is 6.81. The van der Waals surface area contributed by atoms with Crippen molar-refractivity contribution in [1.82, 2.24) is 4.98 Å². The molecule has 0 saturated heterocycles. The molecule has 0 amide bonds. The van der Waals surface area contributed by atoms with Gasteiger partial charge in [0.2, 0.25) is 0 Å². The SMILES string of the molecule is CCOC(C)(C)c1nc(-c2ccc(Br)cc2)cs1. The Morgan fingerprint density at radius 3 is 2.56 bits per heavy atom. The van der Waals surface area contributed by atoms with Crippen molar-refractivity contribution < 1.29 is 4.74 Å². The van der Waals surface area contributed by atoms with E-state index in [2.05, 4.69) is 52.3 Å². The quantitative estimate of drug-likeness (QED) is 0.802. The summed E-state index contributed by atoms with van der Waals surface area (Å²) in [5.74, 6) is 0. The highest BCUT2D eigenvalue weighted by Crippen LogP contribution is 2.31. The maximum atomic E-state index is 5.72. The summed E-state index contributed by atoms with van der Waals surface area (Å²) < 4.78 is 6.80. The molecule has 1 aromatic heterocycles. The maximum absolute atomic E-state index is 5.72. The predicted octanol–water partition coefficient (Wildman–Crippen LogP) is 4.84. The van der Waals surface area contributed by atoms with Crippen molar-refractivity contribution in [2.45, 2.75) is 26.4 Å². The van der Waals surface area contributed by atoms with E-state index in [0.29, 0.717) is 6.61 Å². The zero-order chi connectivity index (χ0) is 13.2. The van der Waals surface area contributed by atoms with Gasteiger partial charge in [-0.2, -0.15) is 0 Å². The van der Waals surface area contributed by atoms with Crippen LogP contribution in [0.4, 0.5) is 0 Å². The highest BCUT2D eigenvalue weighted by molar-refractivity contribution is 9.10. The van der Waals surface area contributed by atoms with E-state index in [9.17, 15) is 0 Å². The van der Waals surface area contributed by atoms with Gasteiger partial charge in [-0.3, -0.25) is 0 Å². The minimum Gasteiger partial charge on any atom is -0.369 e. The Morgan fingerprint density at radius 2 is 1.94 bits per heavy atom. The molecule has 0 radical (unpaired) electrons. The van der Waals surface area contributed by atoms with Crippen LogP contribution in [0.25, 0.3) is 11.3 Å². The first-order chi connectivity index (χ1) is 8.53. The molecule has 0 aliphatic carbocycles. The van der Waals surface area contributed by atoms with Crippen LogP contribution in [0, 0.1) is 0 Å². The van der Waals surface area contributed by atoms with Crippen molar-refractivity contribution in [2.24, 2.45) is 0 Å². The predicted molar refractivity (Wildman–Crippen MR) is 79.9 cm³/mol. The number of aromatic nitrogens is 1. The monoisotopic (exact) mass is 325 g/mol. The molecule has 2 rings (SSSR count). The maximum Gasteiger partial charge on any atom is 0.125 e. The normalized spacial score (nSPS) is 11.8. The van der Waals surface area contributed by atoms with Gasteiger partial charge in [-0.25, -0.2) is 4.98 Å². The van der Waals surface area contributed by atoms with E-state index in [-0.39, 0.29) is 5.60 Å². The molecule has 1 aromatic carbocycles. The van der Waals surface area contributed by atoms with Gasteiger partial charge in [-0.15, -0.1) is 11.3 Å². The minimum absolute atomic E-state index is 0.312. The molecule has 0 N–H and O–H groups in total. The molecule has 0 unspecified atom stereocenters. The van der Waals surface area contributed by atoms with E-state index < -0.39 is 0 Å². The average Bonchev–Trinajstić information content (AvgIpc) is 2.80. The van der Waals surface area contributed by atoms with Crippen molar-refractivity contribution in [3.05, 3.63) is 39.1 Å². The van der Waals surface area contributed by atoms with Crippen molar-refractivity contribution in [1.29, 1.82) is 0 Å². The molecule has 0 spiro atoms. The minimum atomic E-state index is -0.312. The van der Waals surface area contributed by atoms with Crippen LogP contribution in [-0.2, 0) is 10.3 Å². The molecule has 2 aromatic rings. The van der Waals surface area contributed by atoms with Crippen LogP contribution in [-0.4, -0.2) is 11.6 Å². The molecule has 0 saturated carbocycles. The van der Waals surface area contributed by atoms with Gasteiger partial charge in [0.15, 0.2) is 0 Å². The van der Waals surface area contributed by atoms with Gasteiger partial charge in [0.25, 0.3) is 0 Å². The van der Waals surface area contributed by atoms with Crippen molar-refractivity contribution in [3.63, 3.8) is 0 Å². The third kappa shape index (κ3) is 2.99. The Morgan fingerprint density at radius 1 is 1.28 bits per heavy atom. The molecule has 0 fully saturated rings. The lowest BCUT2D eigenvalue weighted by Gasteiger charge is -2.21. The summed E-state index contributed by atoms with van der Waals surface area (Å²) in [6, 6.07) is 8.19. The molecule has 4 heteroatoms. The zero-order valence-electron chi connectivity index (χ0n) is 10.7. The van der Waals surface area contributed by atoms with Crippen molar-refractivity contribution >= 4 is 27.3 Å². The first-order valence-corrected chi connectivity index (χ1v) is 7.56. The molecular formula is C14H16BrNOS. The number of hydrogen-bond acceptors (Lipinski definition) is 3. The van der Waals surface area contributed by atoms with E-state index in [1.165, 1.54) is 0 Å². The molecule has 0 atom stereocenters. The van der Waals surface area contributed by atoms with E-state index in [1.807, 2.05) is 19.1 Å². The van der Waals surface area contributed by atoms with Gasteiger partial charge in [-0.05, 0) is 32.9 Å². The molecule has 2 nitrogen and oxygen atoms in total. The first-order valence-electron chi connectivity index (χ1n) is 5.89. The average molecular weight is 326 g/mol. The topological polar surface area (TPSA) is 22.1 Å². The van der Waals surface area contributed by atoms with Gasteiger partial charge in [0, 0.05) is 22.0 Å². The fourth-order valence-electron chi connectivity index (χ4n) is 1.73. The van der Waals surface area contributed by atoms with Crippen LogP contribution < -0.4 is 0 Å². The van der Waals surface area contributed by atoms with E-state index in [4.69, 9.17) is 4.74 Å². The first kappa shape index (κ1) is 13.7. The fraction of sp³-hybridized carbons (Fsp3) is 0.357. The fourth-order valence-corrected chi connectivity index (χ4v) is 2.90. The number of nitrogens with zero attached hydrogens (tertiary/aromatic N) is 1.